The Morgan fingerprint density at radius 2 is 1.81 bits per heavy atom. The fourth-order valence-electron chi connectivity index (χ4n) is 4.55. The molecule has 8 nitrogen and oxygen atoms in total. The van der Waals surface area contributed by atoms with Crippen molar-refractivity contribution in [1.82, 2.24) is 9.55 Å². The van der Waals surface area contributed by atoms with Gasteiger partial charge in [-0.05, 0) is 55.8 Å². The maximum Gasteiger partial charge on any atom is 0.255 e. The first-order chi connectivity index (χ1) is 17.9. The van der Waals surface area contributed by atoms with Crippen molar-refractivity contribution in [2.75, 3.05) is 31.5 Å². The number of halogens is 1. The lowest BCUT2D eigenvalue weighted by Crippen LogP contribution is -2.34. The van der Waals surface area contributed by atoms with Gasteiger partial charge < -0.3 is 24.8 Å². The van der Waals surface area contributed by atoms with Gasteiger partial charge >= 0.3 is 0 Å². The van der Waals surface area contributed by atoms with Gasteiger partial charge in [-0.3, -0.25) is 9.36 Å². The van der Waals surface area contributed by atoms with Crippen LogP contribution in [0.1, 0.15) is 19.4 Å². The van der Waals surface area contributed by atoms with Crippen molar-refractivity contribution >= 4 is 45.9 Å². The van der Waals surface area contributed by atoms with Crippen molar-refractivity contribution < 1.29 is 19.0 Å². The number of rotatable bonds is 7. The number of aromatic nitrogens is 2. The summed E-state index contributed by atoms with van der Waals surface area (Å²) in [4.78, 5) is 18.7. The molecule has 1 atom stereocenters. The van der Waals surface area contributed by atoms with Crippen molar-refractivity contribution in [2.45, 2.75) is 19.9 Å². The van der Waals surface area contributed by atoms with Crippen LogP contribution in [0, 0.1) is 0 Å². The van der Waals surface area contributed by atoms with Crippen LogP contribution in [0.4, 0.5) is 11.6 Å². The molecule has 1 aliphatic heterocycles. The average molecular weight is 519 g/mol. The predicted octanol–water partition coefficient (Wildman–Crippen LogP) is 5.82. The van der Waals surface area contributed by atoms with E-state index in [4.69, 9.17) is 30.8 Å². The Bertz CT molecular complexity index is 1510. The Kier molecular flexibility index (Phi) is 6.67. The van der Waals surface area contributed by atoms with Gasteiger partial charge in [0.05, 0.1) is 59.9 Å². The van der Waals surface area contributed by atoms with Crippen LogP contribution >= 0.6 is 11.6 Å². The summed E-state index contributed by atoms with van der Waals surface area (Å²) >= 11 is 6.27. The molecule has 0 bridgehead atoms. The third kappa shape index (κ3) is 4.44. The van der Waals surface area contributed by atoms with E-state index in [1.54, 1.807) is 12.1 Å². The number of nitrogens with zero attached hydrogens (tertiary/aromatic N) is 2. The summed E-state index contributed by atoms with van der Waals surface area (Å²) < 4.78 is 18.5. The van der Waals surface area contributed by atoms with E-state index in [2.05, 4.69) is 10.6 Å². The topological polar surface area (TPSA) is 86.6 Å². The zero-order valence-corrected chi connectivity index (χ0v) is 21.7. The molecule has 0 aliphatic carbocycles. The van der Waals surface area contributed by atoms with Crippen LogP contribution in [0.3, 0.4) is 0 Å². The van der Waals surface area contributed by atoms with E-state index >= 15 is 0 Å². The predicted molar refractivity (Wildman–Crippen MR) is 146 cm³/mol. The van der Waals surface area contributed by atoms with E-state index in [-0.39, 0.29) is 11.9 Å². The number of hydrogen-bond donors (Lipinski definition) is 2. The van der Waals surface area contributed by atoms with E-state index in [0.29, 0.717) is 40.3 Å². The Labute approximate surface area is 219 Å². The molecule has 2 heterocycles. The van der Waals surface area contributed by atoms with Crippen LogP contribution in [0.2, 0.25) is 5.02 Å². The lowest BCUT2D eigenvalue weighted by atomic mass is 9.97. The number of hydrogen-bond acceptors (Lipinski definition) is 6. The Morgan fingerprint density at radius 1 is 1.08 bits per heavy atom. The highest BCUT2D eigenvalue weighted by molar-refractivity contribution is 6.32. The third-order valence-corrected chi connectivity index (χ3v) is 6.52. The SMILES string of the molecule is CCOc1ccc(C2=C(C(=O)Nc3cc(OC)c(Cl)cc3OC)C(C)Nc3nc4ccccc4n32)cc1. The monoisotopic (exact) mass is 518 g/mol. The maximum atomic E-state index is 14.0. The highest BCUT2D eigenvalue weighted by Gasteiger charge is 2.32. The molecule has 0 fully saturated rings. The van der Waals surface area contributed by atoms with E-state index < -0.39 is 0 Å². The third-order valence-electron chi connectivity index (χ3n) is 6.22. The van der Waals surface area contributed by atoms with E-state index in [0.717, 1.165) is 28.0 Å². The minimum absolute atomic E-state index is 0.296. The average Bonchev–Trinajstić information content (AvgIpc) is 3.27. The minimum Gasteiger partial charge on any atom is -0.495 e. The lowest BCUT2D eigenvalue weighted by Gasteiger charge is -2.29. The van der Waals surface area contributed by atoms with Crippen LogP contribution in [0.15, 0.2) is 66.2 Å². The number of benzene rings is 3. The van der Waals surface area contributed by atoms with Crippen LogP contribution in [-0.4, -0.2) is 42.3 Å². The van der Waals surface area contributed by atoms with E-state index in [1.807, 2.05) is 66.9 Å². The summed E-state index contributed by atoms with van der Waals surface area (Å²) in [6.45, 7) is 4.45. The van der Waals surface area contributed by atoms with Gasteiger partial charge in [0.1, 0.15) is 17.2 Å². The minimum atomic E-state index is -0.342. The van der Waals surface area contributed by atoms with E-state index in [9.17, 15) is 4.79 Å². The second-order valence-corrected chi connectivity index (χ2v) is 8.89. The van der Waals surface area contributed by atoms with E-state index in [1.165, 1.54) is 14.2 Å². The molecule has 37 heavy (non-hydrogen) atoms. The number of methoxy groups -OCH3 is 2. The van der Waals surface area contributed by atoms with Gasteiger partial charge in [0, 0.05) is 12.1 Å². The van der Waals surface area contributed by atoms with Crippen molar-refractivity contribution in [2.24, 2.45) is 0 Å². The first-order valence-corrected chi connectivity index (χ1v) is 12.3. The Morgan fingerprint density at radius 3 is 2.51 bits per heavy atom. The molecule has 0 radical (unpaired) electrons. The second-order valence-electron chi connectivity index (χ2n) is 8.49. The van der Waals surface area contributed by atoms with Gasteiger partial charge in [-0.1, -0.05) is 23.7 Å². The fourth-order valence-corrected chi connectivity index (χ4v) is 4.78. The van der Waals surface area contributed by atoms with Crippen LogP contribution in [0.5, 0.6) is 17.2 Å². The van der Waals surface area contributed by atoms with Crippen molar-refractivity contribution in [3.63, 3.8) is 0 Å². The molecule has 1 amide bonds. The van der Waals surface area contributed by atoms with Gasteiger partial charge in [-0.15, -0.1) is 0 Å². The molecule has 9 heteroatoms. The molecule has 3 aromatic carbocycles. The summed E-state index contributed by atoms with van der Waals surface area (Å²) in [6.07, 6.45) is 0. The van der Waals surface area contributed by atoms with Gasteiger partial charge in [0.15, 0.2) is 0 Å². The number of carbonyl (C=O) groups excluding carboxylic acids is 1. The lowest BCUT2D eigenvalue weighted by molar-refractivity contribution is -0.113. The van der Waals surface area contributed by atoms with Crippen LogP contribution in [0.25, 0.3) is 16.7 Å². The number of anilines is 2. The molecular weight excluding hydrogens is 492 g/mol. The summed E-state index contributed by atoms with van der Waals surface area (Å²) in [5.41, 5.74) is 4.28. The van der Waals surface area contributed by atoms with Gasteiger partial charge in [-0.2, -0.15) is 0 Å². The molecule has 1 aromatic heterocycles. The molecule has 5 rings (SSSR count). The molecule has 0 saturated carbocycles. The number of fused-ring (bicyclic) bond motifs is 3. The molecular formula is C28H27ClN4O4. The number of carbonyl (C=O) groups is 1. The highest BCUT2D eigenvalue weighted by Crippen LogP contribution is 2.39. The molecule has 0 spiro atoms. The summed E-state index contributed by atoms with van der Waals surface area (Å²) in [5, 5.41) is 6.78. The molecule has 1 aliphatic rings. The van der Waals surface area contributed by atoms with Crippen LogP contribution < -0.4 is 24.8 Å². The second kappa shape index (κ2) is 10.1. The quantitative estimate of drug-likeness (QED) is 0.321. The van der Waals surface area contributed by atoms with Crippen molar-refractivity contribution in [1.29, 1.82) is 0 Å². The molecule has 4 aromatic rings. The molecule has 190 valence electrons. The maximum absolute atomic E-state index is 14.0. The Hall–Kier alpha value is -4.17. The number of imidazole rings is 1. The summed E-state index contributed by atoms with van der Waals surface area (Å²) in [5.74, 6) is 1.98. The van der Waals surface area contributed by atoms with Crippen molar-refractivity contribution in [3.05, 3.63) is 76.8 Å². The summed E-state index contributed by atoms with van der Waals surface area (Å²) in [6, 6.07) is 18.5. The first-order valence-electron chi connectivity index (χ1n) is 11.9. The number of ether oxygens (including phenoxy) is 3. The Balaban J connectivity index is 1.69. The summed E-state index contributed by atoms with van der Waals surface area (Å²) in [7, 11) is 3.04. The number of nitrogens with one attached hydrogen (secondary N) is 2. The molecule has 0 saturated heterocycles. The van der Waals surface area contributed by atoms with Gasteiger partial charge in [0.25, 0.3) is 5.91 Å². The van der Waals surface area contributed by atoms with Crippen molar-refractivity contribution in [3.8, 4) is 17.2 Å². The number of para-hydroxylation sites is 2. The zero-order chi connectivity index (χ0) is 26.1. The standard InChI is InChI=1S/C28H27ClN4O4/c1-5-37-18-12-10-17(11-13-18)26-25(16(2)30-28-32-20-8-6-7-9-22(20)33(26)28)27(34)31-21-15-23(35-3)19(29)14-24(21)36-4/h6-16H,5H2,1-4H3,(H,30,32)(H,31,34). The highest BCUT2D eigenvalue weighted by atomic mass is 35.5. The van der Waals surface area contributed by atoms with Crippen LogP contribution in [-0.2, 0) is 4.79 Å². The van der Waals surface area contributed by atoms with Gasteiger partial charge in [0.2, 0.25) is 5.95 Å². The normalized spacial score (nSPS) is 14.7. The molecule has 1 unspecified atom stereocenters. The largest absolute Gasteiger partial charge is 0.495 e. The zero-order valence-electron chi connectivity index (χ0n) is 21.0. The molecule has 2 N–H and O–H groups in total. The van der Waals surface area contributed by atoms with Gasteiger partial charge in [-0.25, -0.2) is 4.98 Å². The first kappa shape index (κ1) is 24.5. The fraction of sp³-hybridized carbons (Fsp3) is 0.214. The number of amides is 1. The smallest absolute Gasteiger partial charge is 0.255 e.